The van der Waals surface area contributed by atoms with Gasteiger partial charge in [-0.1, -0.05) is 48.5 Å². The van der Waals surface area contributed by atoms with Gasteiger partial charge in [-0.25, -0.2) is 0 Å². The molecule has 3 heteroatoms. The van der Waals surface area contributed by atoms with Crippen molar-refractivity contribution in [3.63, 3.8) is 0 Å². The lowest BCUT2D eigenvalue weighted by atomic mass is 9.96. The zero-order chi connectivity index (χ0) is 14.5. The third kappa shape index (κ3) is 3.61. The number of hydrogen-bond acceptors (Lipinski definition) is 1. The average molecular weight is 289 g/mol. The van der Waals surface area contributed by atoms with Crippen LogP contribution in [0, 0.1) is 6.92 Å². The van der Waals surface area contributed by atoms with Crippen LogP contribution in [0.25, 0.3) is 11.1 Å². The number of carboxylic acids is 1. The predicted octanol–water partition coefficient (Wildman–Crippen LogP) is 4.81. The molecule has 0 fully saturated rings. The third-order valence-electron chi connectivity index (χ3n) is 3.31. The zero-order valence-corrected chi connectivity index (χ0v) is 12.1. The number of aliphatic carboxylic acids is 1. The van der Waals surface area contributed by atoms with Crippen molar-refractivity contribution in [2.24, 2.45) is 0 Å². The van der Waals surface area contributed by atoms with E-state index in [-0.39, 0.29) is 11.8 Å². The first-order valence-corrected chi connectivity index (χ1v) is 7.03. The lowest BCUT2D eigenvalue weighted by Crippen LogP contribution is -1.99. The first kappa shape index (κ1) is 14.6. The van der Waals surface area contributed by atoms with Crippen molar-refractivity contribution in [2.75, 3.05) is 0 Å². The number of halogens is 1. The molecule has 0 amide bonds. The molecule has 20 heavy (non-hydrogen) atoms. The number of hydrogen-bond donors (Lipinski definition) is 1. The minimum absolute atomic E-state index is 0.0909. The molecule has 2 aromatic carbocycles. The minimum atomic E-state index is -0.812. The average Bonchev–Trinajstić information content (AvgIpc) is 2.45. The fraction of sp³-hybridized carbons (Fsp3) is 0.235. The van der Waals surface area contributed by atoms with Gasteiger partial charge in [-0.3, -0.25) is 4.79 Å². The van der Waals surface area contributed by atoms with Crippen molar-refractivity contribution in [3.8, 4) is 11.1 Å². The summed E-state index contributed by atoms with van der Waals surface area (Å²) >= 11 is 6.26. The van der Waals surface area contributed by atoms with Gasteiger partial charge in [0.1, 0.15) is 0 Å². The van der Waals surface area contributed by atoms with Crippen molar-refractivity contribution in [2.45, 2.75) is 25.1 Å². The Morgan fingerprint density at radius 3 is 2.50 bits per heavy atom. The number of alkyl halides is 1. The van der Waals surface area contributed by atoms with Crippen molar-refractivity contribution >= 4 is 17.6 Å². The molecule has 1 N–H and O–H groups in total. The van der Waals surface area contributed by atoms with E-state index in [0.717, 1.165) is 11.1 Å². The highest BCUT2D eigenvalue weighted by Crippen LogP contribution is 2.30. The SMILES string of the molecule is Cc1cc(C(Cl)CCC(=O)O)ccc1-c1ccccc1. The maximum atomic E-state index is 10.6. The van der Waals surface area contributed by atoms with Gasteiger partial charge in [0.15, 0.2) is 0 Å². The molecule has 0 bridgehead atoms. The highest BCUT2D eigenvalue weighted by molar-refractivity contribution is 6.20. The molecule has 0 radical (unpaired) electrons. The molecule has 0 aliphatic carbocycles. The normalized spacial score (nSPS) is 12.1. The second-order valence-corrected chi connectivity index (χ2v) is 5.37. The Balaban J connectivity index is 2.20. The van der Waals surface area contributed by atoms with Crippen molar-refractivity contribution < 1.29 is 9.90 Å². The van der Waals surface area contributed by atoms with Crippen LogP contribution >= 0.6 is 11.6 Å². The Labute approximate surface area is 124 Å². The topological polar surface area (TPSA) is 37.3 Å². The van der Waals surface area contributed by atoms with E-state index in [1.165, 1.54) is 11.1 Å². The van der Waals surface area contributed by atoms with E-state index in [1.807, 2.05) is 37.3 Å². The first-order valence-electron chi connectivity index (χ1n) is 6.60. The molecule has 2 nitrogen and oxygen atoms in total. The van der Waals surface area contributed by atoms with Crippen LogP contribution in [0.15, 0.2) is 48.5 Å². The smallest absolute Gasteiger partial charge is 0.303 e. The molecule has 0 spiro atoms. The summed E-state index contributed by atoms with van der Waals surface area (Å²) in [4.78, 5) is 10.6. The molecule has 0 saturated heterocycles. The zero-order valence-electron chi connectivity index (χ0n) is 11.3. The molecular weight excluding hydrogens is 272 g/mol. The molecule has 1 unspecified atom stereocenters. The van der Waals surface area contributed by atoms with E-state index in [2.05, 4.69) is 18.2 Å². The molecule has 0 saturated carbocycles. The Bertz CT molecular complexity index is 593. The summed E-state index contributed by atoms with van der Waals surface area (Å²) in [5.74, 6) is -0.812. The van der Waals surface area contributed by atoms with E-state index in [9.17, 15) is 4.79 Å². The molecular formula is C17H17ClO2. The maximum absolute atomic E-state index is 10.6. The number of benzene rings is 2. The lowest BCUT2D eigenvalue weighted by molar-refractivity contribution is -0.137. The van der Waals surface area contributed by atoms with Gasteiger partial charge in [-0.2, -0.15) is 0 Å². The highest BCUT2D eigenvalue weighted by atomic mass is 35.5. The fourth-order valence-electron chi connectivity index (χ4n) is 2.24. The quantitative estimate of drug-likeness (QED) is 0.802. The van der Waals surface area contributed by atoms with Crippen LogP contribution in [0.5, 0.6) is 0 Å². The largest absolute Gasteiger partial charge is 0.481 e. The van der Waals surface area contributed by atoms with Gasteiger partial charge in [-0.15, -0.1) is 11.6 Å². The van der Waals surface area contributed by atoms with Gasteiger partial charge in [0.2, 0.25) is 0 Å². The second-order valence-electron chi connectivity index (χ2n) is 4.84. The second kappa shape index (κ2) is 6.58. The predicted molar refractivity (Wildman–Crippen MR) is 82.1 cm³/mol. The molecule has 1 atom stereocenters. The Hall–Kier alpha value is -1.80. The van der Waals surface area contributed by atoms with Gasteiger partial charge in [0.05, 0.1) is 5.38 Å². The summed E-state index contributed by atoms with van der Waals surface area (Å²) in [5.41, 5.74) is 4.48. The Kier molecular flexibility index (Phi) is 4.80. The molecule has 104 valence electrons. The van der Waals surface area contributed by atoms with Gasteiger partial charge < -0.3 is 5.11 Å². The van der Waals surface area contributed by atoms with Crippen LogP contribution in [0.3, 0.4) is 0 Å². The molecule has 2 rings (SSSR count). The highest BCUT2D eigenvalue weighted by Gasteiger charge is 2.12. The fourth-order valence-corrected chi connectivity index (χ4v) is 2.49. The Morgan fingerprint density at radius 1 is 1.20 bits per heavy atom. The third-order valence-corrected chi connectivity index (χ3v) is 3.78. The molecule has 0 aliphatic heterocycles. The van der Waals surface area contributed by atoms with Gasteiger partial charge >= 0.3 is 5.97 Å². The summed E-state index contributed by atoms with van der Waals surface area (Å²) in [7, 11) is 0. The van der Waals surface area contributed by atoms with Crippen LogP contribution in [0.1, 0.15) is 29.3 Å². The van der Waals surface area contributed by atoms with Crippen LogP contribution in [0.4, 0.5) is 0 Å². The van der Waals surface area contributed by atoms with Crippen LogP contribution < -0.4 is 0 Å². The van der Waals surface area contributed by atoms with Crippen LogP contribution in [0.2, 0.25) is 0 Å². The standard InChI is InChI=1S/C17H17ClO2/c1-12-11-14(16(18)9-10-17(19)20)7-8-15(12)13-5-3-2-4-6-13/h2-8,11,16H,9-10H2,1H3,(H,19,20). The van der Waals surface area contributed by atoms with Crippen LogP contribution in [-0.2, 0) is 4.79 Å². The van der Waals surface area contributed by atoms with E-state index in [0.29, 0.717) is 6.42 Å². The van der Waals surface area contributed by atoms with Crippen LogP contribution in [-0.4, -0.2) is 11.1 Å². The summed E-state index contributed by atoms with van der Waals surface area (Å²) < 4.78 is 0. The van der Waals surface area contributed by atoms with Crippen molar-refractivity contribution in [1.29, 1.82) is 0 Å². The molecule has 0 aliphatic rings. The van der Waals surface area contributed by atoms with Crippen molar-refractivity contribution in [3.05, 3.63) is 59.7 Å². The maximum Gasteiger partial charge on any atom is 0.303 e. The molecule has 2 aromatic rings. The number of aryl methyl sites for hydroxylation is 1. The van der Waals surface area contributed by atoms with E-state index in [1.54, 1.807) is 0 Å². The van der Waals surface area contributed by atoms with Gasteiger partial charge in [-0.05, 0) is 35.6 Å². The lowest BCUT2D eigenvalue weighted by Gasteiger charge is -2.12. The summed E-state index contributed by atoms with van der Waals surface area (Å²) in [6.45, 7) is 2.05. The Morgan fingerprint density at radius 2 is 1.90 bits per heavy atom. The monoisotopic (exact) mass is 288 g/mol. The summed E-state index contributed by atoms with van der Waals surface area (Å²) in [5, 5.41) is 8.44. The van der Waals surface area contributed by atoms with Crippen molar-refractivity contribution in [1.82, 2.24) is 0 Å². The van der Waals surface area contributed by atoms with Gasteiger partial charge in [0.25, 0.3) is 0 Å². The van der Waals surface area contributed by atoms with Gasteiger partial charge in [0, 0.05) is 6.42 Å². The first-order chi connectivity index (χ1) is 9.58. The van der Waals surface area contributed by atoms with E-state index < -0.39 is 5.97 Å². The molecule has 0 aromatic heterocycles. The minimum Gasteiger partial charge on any atom is -0.481 e. The number of carbonyl (C=O) groups is 1. The summed E-state index contributed by atoms with van der Waals surface area (Å²) in [6, 6.07) is 16.2. The van der Waals surface area contributed by atoms with E-state index >= 15 is 0 Å². The molecule has 0 heterocycles. The van der Waals surface area contributed by atoms with E-state index in [4.69, 9.17) is 16.7 Å². The number of carboxylic acid groups (broad SMARTS) is 1. The number of rotatable bonds is 5. The summed E-state index contributed by atoms with van der Waals surface area (Å²) in [6.07, 6.45) is 0.536.